The Morgan fingerprint density at radius 3 is 2.03 bits per heavy atom. The molecular formula is C48H59N7O7. The van der Waals surface area contributed by atoms with Crippen molar-refractivity contribution < 1.29 is 33.8 Å². The van der Waals surface area contributed by atoms with Gasteiger partial charge in [0.1, 0.15) is 29.6 Å². The van der Waals surface area contributed by atoms with Crippen molar-refractivity contribution in [3.63, 3.8) is 0 Å². The average Bonchev–Trinajstić information content (AvgIpc) is 4.01. The first kappa shape index (κ1) is 43.9. The van der Waals surface area contributed by atoms with Gasteiger partial charge in [-0.2, -0.15) is 0 Å². The van der Waals surface area contributed by atoms with Gasteiger partial charge in [-0.05, 0) is 108 Å². The zero-order valence-corrected chi connectivity index (χ0v) is 36.5. The molecule has 3 aromatic carbocycles. The summed E-state index contributed by atoms with van der Waals surface area (Å²) in [5, 5.41) is 16.3. The van der Waals surface area contributed by atoms with E-state index in [9.17, 15) is 29.1 Å². The van der Waals surface area contributed by atoms with Crippen molar-refractivity contribution in [3.8, 4) is 11.3 Å². The molecule has 3 heterocycles. The van der Waals surface area contributed by atoms with Gasteiger partial charge in [-0.1, -0.05) is 84.9 Å². The van der Waals surface area contributed by atoms with Crippen LogP contribution in [0.15, 0.2) is 91.1 Å². The van der Waals surface area contributed by atoms with E-state index >= 15 is 0 Å². The third-order valence-electron chi connectivity index (χ3n) is 12.0. The van der Waals surface area contributed by atoms with Gasteiger partial charge in [0.2, 0.25) is 5.91 Å². The second-order valence-electron chi connectivity index (χ2n) is 18.7. The zero-order chi connectivity index (χ0) is 44.3. The van der Waals surface area contributed by atoms with E-state index in [0.29, 0.717) is 42.9 Å². The maximum Gasteiger partial charge on any atom is 0.408 e. The van der Waals surface area contributed by atoms with E-state index in [1.54, 1.807) is 81.8 Å². The number of likely N-dealkylation sites (tertiary alicyclic amines) is 2. The Bertz CT molecular complexity index is 2230. The standard InChI is InChI=1S/C48H59N7O7/c1-47(2,3)55(46(60)61)40(33-17-11-8-12-18-33)44(58)54-26-14-20-38(54)42(56)50-35-27-34(28-35)30-21-23-31(24-22-30)36-29-49-41(51-36)37-19-13-25-53(37)43(57)39(32-15-9-7-10-16-32)52-45(59)62-48(4,5)6/h7-12,15-18,21-24,29,34-35,37-40H,13-14,19-20,25-28H2,1-6H3,(H,49,51)(H,50,56)(H,52,59)(H,60,61)/t34?,35?,37-,38-,39+,40+/m0/s1. The van der Waals surface area contributed by atoms with Crippen LogP contribution in [0.5, 0.6) is 0 Å². The number of aromatic nitrogens is 2. The summed E-state index contributed by atoms with van der Waals surface area (Å²) in [5.74, 6) is 0.127. The number of alkyl carbamates (subject to hydrolysis) is 1. The summed E-state index contributed by atoms with van der Waals surface area (Å²) in [5.41, 5.74) is 2.60. The summed E-state index contributed by atoms with van der Waals surface area (Å²) in [6.07, 6.45) is 4.16. The lowest BCUT2D eigenvalue weighted by Gasteiger charge is -2.41. The molecule has 0 radical (unpaired) electrons. The molecule has 14 nitrogen and oxygen atoms in total. The lowest BCUT2D eigenvalue weighted by atomic mass is 9.75. The summed E-state index contributed by atoms with van der Waals surface area (Å²) < 4.78 is 5.51. The molecule has 2 saturated heterocycles. The molecule has 14 heteroatoms. The Morgan fingerprint density at radius 2 is 1.42 bits per heavy atom. The highest BCUT2D eigenvalue weighted by molar-refractivity contribution is 5.93. The number of nitrogens with one attached hydrogen (secondary N) is 3. The molecule has 1 aliphatic carbocycles. The molecule has 0 spiro atoms. The van der Waals surface area contributed by atoms with Crippen LogP contribution in [0.3, 0.4) is 0 Å². The molecule has 2 aliphatic heterocycles. The fraction of sp³-hybridized carbons (Fsp3) is 0.458. The molecule has 4 atom stereocenters. The number of aromatic amines is 1. The quantitative estimate of drug-likeness (QED) is 0.118. The fourth-order valence-corrected chi connectivity index (χ4v) is 9.01. The van der Waals surface area contributed by atoms with Crippen LogP contribution in [-0.2, 0) is 19.1 Å². The smallest absolute Gasteiger partial charge is 0.408 e. The van der Waals surface area contributed by atoms with Crippen molar-refractivity contribution in [2.45, 2.75) is 127 Å². The minimum Gasteiger partial charge on any atom is -0.465 e. The van der Waals surface area contributed by atoms with Crippen LogP contribution in [0.4, 0.5) is 9.59 Å². The lowest BCUT2D eigenvalue weighted by molar-refractivity contribution is -0.144. The predicted octanol–water partition coefficient (Wildman–Crippen LogP) is 7.88. The number of ether oxygens (including phenoxy) is 1. The van der Waals surface area contributed by atoms with Crippen LogP contribution in [-0.4, -0.2) is 96.0 Å². The highest BCUT2D eigenvalue weighted by atomic mass is 16.6. The molecule has 3 fully saturated rings. The van der Waals surface area contributed by atoms with Gasteiger partial charge < -0.3 is 35.3 Å². The Balaban J connectivity index is 0.960. The maximum atomic E-state index is 14.2. The van der Waals surface area contributed by atoms with Gasteiger partial charge >= 0.3 is 12.2 Å². The first-order valence-electron chi connectivity index (χ1n) is 21.7. The van der Waals surface area contributed by atoms with Gasteiger partial charge in [0, 0.05) is 24.7 Å². The molecule has 328 valence electrons. The maximum absolute atomic E-state index is 14.2. The molecule has 0 bridgehead atoms. The number of carbonyl (C=O) groups excluding carboxylic acids is 4. The molecule has 4 N–H and O–H groups in total. The van der Waals surface area contributed by atoms with E-state index in [1.807, 2.05) is 36.4 Å². The number of carboxylic acid groups (broad SMARTS) is 1. The van der Waals surface area contributed by atoms with E-state index in [1.165, 1.54) is 4.90 Å². The van der Waals surface area contributed by atoms with Crippen molar-refractivity contribution in [2.24, 2.45) is 0 Å². The van der Waals surface area contributed by atoms with E-state index in [-0.39, 0.29) is 35.7 Å². The minimum atomic E-state index is -1.20. The topological polar surface area (TPSA) is 177 Å². The Labute approximate surface area is 363 Å². The van der Waals surface area contributed by atoms with Crippen LogP contribution in [0.2, 0.25) is 0 Å². The zero-order valence-electron chi connectivity index (χ0n) is 36.5. The number of amides is 5. The van der Waals surface area contributed by atoms with Crippen LogP contribution in [0, 0.1) is 0 Å². The molecule has 5 amide bonds. The van der Waals surface area contributed by atoms with E-state index in [4.69, 9.17) is 9.72 Å². The third kappa shape index (κ3) is 9.79. The van der Waals surface area contributed by atoms with Crippen molar-refractivity contribution >= 4 is 29.9 Å². The number of benzene rings is 3. The third-order valence-corrected chi connectivity index (χ3v) is 12.0. The normalized spacial score (nSPS) is 21.1. The van der Waals surface area contributed by atoms with Gasteiger partial charge in [0.25, 0.3) is 11.8 Å². The van der Waals surface area contributed by atoms with Gasteiger partial charge in [-0.3, -0.25) is 19.3 Å². The van der Waals surface area contributed by atoms with Gasteiger partial charge in [0.15, 0.2) is 0 Å². The van der Waals surface area contributed by atoms with Crippen LogP contribution in [0.1, 0.15) is 127 Å². The predicted molar refractivity (Wildman–Crippen MR) is 234 cm³/mol. The number of nitrogens with zero attached hydrogens (tertiary/aromatic N) is 4. The second kappa shape index (κ2) is 18.0. The Morgan fingerprint density at radius 1 is 0.806 bits per heavy atom. The monoisotopic (exact) mass is 845 g/mol. The number of imidazole rings is 1. The molecule has 1 aromatic heterocycles. The van der Waals surface area contributed by atoms with Crippen LogP contribution >= 0.6 is 0 Å². The molecule has 3 aliphatic rings. The van der Waals surface area contributed by atoms with E-state index < -0.39 is 41.5 Å². The number of carbonyl (C=O) groups is 5. The number of hydrogen-bond donors (Lipinski definition) is 4. The fourth-order valence-electron chi connectivity index (χ4n) is 9.01. The van der Waals surface area contributed by atoms with Crippen LogP contribution < -0.4 is 10.6 Å². The lowest BCUT2D eigenvalue weighted by Crippen LogP contribution is -2.56. The highest BCUT2D eigenvalue weighted by Gasteiger charge is 2.45. The van der Waals surface area contributed by atoms with Crippen molar-refractivity contribution in [3.05, 3.63) is 114 Å². The van der Waals surface area contributed by atoms with Gasteiger partial charge in [0.05, 0.1) is 17.9 Å². The minimum absolute atomic E-state index is 0.0344. The SMILES string of the molecule is CC(C)(C)OC(=O)N[C@@H](C(=O)N1CCC[C@H]1c1ncc(-c2ccc(C3CC(NC(=O)[C@@H]4CCCN4C(=O)[C@@H](c4ccccc4)N(C(=O)O)C(C)(C)C)C3)cc2)[nH]1)c1ccccc1. The molecular weight excluding hydrogens is 787 g/mol. The van der Waals surface area contributed by atoms with Gasteiger partial charge in [-0.15, -0.1) is 0 Å². The van der Waals surface area contributed by atoms with Crippen molar-refractivity contribution in [1.82, 2.24) is 35.3 Å². The second-order valence-corrected chi connectivity index (χ2v) is 18.7. The summed E-state index contributed by atoms with van der Waals surface area (Å²) in [7, 11) is 0. The van der Waals surface area contributed by atoms with Crippen LogP contribution in [0.25, 0.3) is 11.3 Å². The molecule has 7 rings (SSSR count). The van der Waals surface area contributed by atoms with Crippen molar-refractivity contribution in [1.29, 1.82) is 0 Å². The molecule has 62 heavy (non-hydrogen) atoms. The van der Waals surface area contributed by atoms with E-state index in [2.05, 4.69) is 39.9 Å². The largest absolute Gasteiger partial charge is 0.465 e. The number of hydrogen-bond acceptors (Lipinski definition) is 7. The van der Waals surface area contributed by atoms with E-state index in [0.717, 1.165) is 42.5 Å². The van der Waals surface area contributed by atoms with Crippen molar-refractivity contribution in [2.75, 3.05) is 13.1 Å². The number of H-pyrrole nitrogens is 1. The molecule has 0 unspecified atom stereocenters. The first-order chi connectivity index (χ1) is 29.5. The Kier molecular flexibility index (Phi) is 12.8. The molecule has 1 saturated carbocycles. The Hall–Kier alpha value is -6.18. The summed E-state index contributed by atoms with van der Waals surface area (Å²) >= 11 is 0. The van der Waals surface area contributed by atoms with Gasteiger partial charge in [-0.25, -0.2) is 14.6 Å². The summed E-state index contributed by atoms with van der Waals surface area (Å²) in [6.45, 7) is 11.6. The number of rotatable bonds is 11. The first-order valence-corrected chi connectivity index (χ1v) is 21.7. The molecule has 4 aromatic rings. The average molecular weight is 846 g/mol. The summed E-state index contributed by atoms with van der Waals surface area (Å²) in [4.78, 5) is 80.2. The highest BCUT2D eigenvalue weighted by Crippen LogP contribution is 2.39. The summed E-state index contributed by atoms with van der Waals surface area (Å²) in [6, 6.07) is 23.4.